The summed E-state index contributed by atoms with van der Waals surface area (Å²) in [7, 11) is 0. The summed E-state index contributed by atoms with van der Waals surface area (Å²) >= 11 is -1.09. The molecule has 0 aliphatic heterocycles. The molecule has 0 radical (unpaired) electrons. The van der Waals surface area contributed by atoms with Gasteiger partial charge in [0.1, 0.15) is 0 Å². The molecule has 0 aromatic carbocycles. The molecule has 2 heteroatoms. The molecule has 0 heterocycles. The predicted octanol–water partition coefficient (Wildman–Crippen LogP) is 0.940. The summed E-state index contributed by atoms with van der Waals surface area (Å²) in [6, 6.07) is 0. The Labute approximate surface area is 46.3 Å². The average Bonchev–Trinajstić information content (AvgIpc) is 1.35. The third-order valence-electron chi connectivity index (χ3n) is 0.568. The first kappa shape index (κ1) is 6.54. The van der Waals surface area contributed by atoms with E-state index in [1.54, 1.807) is 0 Å². The van der Waals surface area contributed by atoms with E-state index in [0.29, 0.717) is 0 Å². The van der Waals surface area contributed by atoms with Crippen molar-refractivity contribution in [2.45, 2.75) is 13.5 Å². The number of rotatable bonds is 2. The molecule has 0 amide bonds. The first-order valence-corrected chi connectivity index (χ1v) is 11.1. The van der Waals surface area contributed by atoms with E-state index >= 15 is 0 Å². The van der Waals surface area contributed by atoms with Crippen molar-refractivity contribution < 1.29 is 4.79 Å². The molecule has 0 rings (SSSR count). The maximum atomic E-state index is 9.67. The van der Waals surface area contributed by atoms with Crippen LogP contribution in [0.2, 0.25) is 13.5 Å². The topological polar surface area (TPSA) is 17.1 Å². The van der Waals surface area contributed by atoms with E-state index in [2.05, 4.69) is 9.36 Å². The van der Waals surface area contributed by atoms with Crippen molar-refractivity contribution in [3.8, 4) is 0 Å². The summed E-state index contributed by atoms with van der Waals surface area (Å²) < 4.78 is 5.37. The first-order chi connectivity index (χ1) is 2.77. The average molecular weight is 188 g/mol. The molecule has 0 aromatic rings. The molecule has 0 unspecified atom stereocenters. The molecule has 0 aromatic heterocycles. The Hall–Kier alpha value is 0.540. The Morgan fingerprint density at radius 1 is 1.67 bits per heavy atom. The second-order valence-corrected chi connectivity index (χ2v) is 11.1. The molecule has 0 atom stereocenters. The van der Waals surface area contributed by atoms with Crippen LogP contribution in [0.5, 0.6) is 0 Å². The van der Waals surface area contributed by atoms with Gasteiger partial charge >= 0.3 is 46.1 Å². The molecule has 0 aliphatic carbocycles. The van der Waals surface area contributed by atoms with Crippen LogP contribution >= 0.6 is 0 Å². The SMILES string of the molecule is [CH3][In]([CH3])[CH2]C=O. The normalized spacial score (nSPS) is 7.67. The van der Waals surface area contributed by atoms with Gasteiger partial charge in [0.25, 0.3) is 0 Å². The number of hydrogen-bond donors (Lipinski definition) is 0. The molecule has 0 spiro atoms. The van der Waals surface area contributed by atoms with E-state index in [1.807, 2.05) is 0 Å². The fourth-order valence-corrected chi connectivity index (χ4v) is 1.29. The van der Waals surface area contributed by atoms with Gasteiger partial charge in [0.05, 0.1) is 0 Å². The molecule has 0 saturated carbocycles. The Balaban J connectivity index is 2.81. The zero-order valence-corrected chi connectivity index (χ0v) is 7.57. The molecule has 0 aliphatic rings. The van der Waals surface area contributed by atoms with Crippen molar-refractivity contribution in [1.82, 2.24) is 0 Å². The van der Waals surface area contributed by atoms with E-state index < -0.39 is 21.4 Å². The van der Waals surface area contributed by atoms with Gasteiger partial charge < -0.3 is 0 Å². The third kappa shape index (κ3) is 4.54. The monoisotopic (exact) mass is 188 g/mol. The molecule has 34 valence electrons. The number of carbonyl (C=O) groups is 1. The van der Waals surface area contributed by atoms with Crippen molar-refractivity contribution in [2.75, 3.05) is 0 Å². The van der Waals surface area contributed by atoms with Crippen LogP contribution in [-0.4, -0.2) is 27.7 Å². The van der Waals surface area contributed by atoms with Crippen LogP contribution in [0, 0.1) is 0 Å². The van der Waals surface area contributed by atoms with Gasteiger partial charge in [0.2, 0.25) is 0 Å². The predicted molar refractivity (Wildman–Crippen MR) is 28.4 cm³/mol. The minimum atomic E-state index is -1.09. The second-order valence-electron chi connectivity index (χ2n) is 1.80. The standard InChI is InChI=1S/C2H3O.2CH3.In/c1-2-3;;;/h2H,1H2;2*1H3;. The number of hydrogen-bond acceptors (Lipinski definition) is 1. The Bertz CT molecular complexity index is 42.8. The van der Waals surface area contributed by atoms with Crippen molar-refractivity contribution in [3.63, 3.8) is 0 Å². The van der Waals surface area contributed by atoms with Crippen molar-refractivity contribution in [1.29, 1.82) is 0 Å². The second kappa shape index (κ2) is 3.72. The van der Waals surface area contributed by atoms with Crippen LogP contribution in [0.25, 0.3) is 0 Å². The van der Waals surface area contributed by atoms with Gasteiger partial charge in [-0.15, -0.1) is 0 Å². The van der Waals surface area contributed by atoms with Gasteiger partial charge in [-0.25, -0.2) is 0 Å². The molecular formula is C4H9InO. The molecule has 0 N–H and O–H groups in total. The molecular weight excluding hydrogens is 179 g/mol. The first-order valence-electron chi connectivity index (χ1n) is 2.21. The summed E-state index contributed by atoms with van der Waals surface area (Å²) in [6.45, 7) is 0. The zero-order valence-electron chi connectivity index (χ0n) is 4.27. The van der Waals surface area contributed by atoms with Crippen LogP contribution in [-0.2, 0) is 4.79 Å². The Kier molecular flexibility index (Phi) is 4.06. The van der Waals surface area contributed by atoms with E-state index in [0.717, 1.165) is 10.5 Å². The van der Waals surface area contributed by atoms with Crippen molar-refractivity contribution in [3.05, 3.63) is 0 Å². The maximum absolute atomic E-state index is 9.67. The van der Waals surface area contributed by atoms with E-state index in [9.17, 15) is 4.79 Å². The fraction of sp³-hybridized carbons (Fsp3) is 0.750. The molecule has 0 saturated heterocycles. The minimum absolute atomic E-state index is 0.904. The van der Waals surface area contributed by atoms with Crippen LogP contribution in [0.15, 0.2) is 0 Å². The number of aldehydes is 1. The van der Waals surface area contributed by atoms with E-state index in [1.165, 1.54) is 0 Å². The van der Waals surface area contributed by atoms with Crippen LogP contribution in [0.4, 0.5) is 0 Å². The van der Waals surface area contributed by atoms with E-state index in [4.69, 9.17) is 0 Å². The van der Waals surface area contributed by atoms with E-state index in [-0.39, 0.29) is 0 Å². The van der Waals surface area contributed by atoms with Gasteiger partial charge in [-0.1, -0.05) is 0 Å². The molecule has 0 bridgehead atoms. The Morgan fingerprint density at radius 3 is 2.17 bits per heavy atom. The summed E-state index contributed by atoms with van der Waals surface area (Å²) in [5.41, 5.74) is 0. The van der Waals surface area contributed by atoms with Gasteiger partial charge in [0, 0.05) is 0 Å². The summed E-state index contributed by atoms with van der Waals surface area (Å²) in [4.78, 5) is 9.67. The molecule has 0 fully saturated rings. The van der Waals surface area contributed by atoms with Gasteiger partial charge in [0.15, 0.2) is 0 Å². The van der Waals surface area contributed by atoms with Crippen LogP contribution in [0.3, 0.4) is 0 Å². The van der Waals surface area contributed by atoms with Crippen molar-refractivity contribution >= 4 is 27.7 Å². The quantitative estimate of drug-likeness (QED) is 0.589. The third-order valence-corrected chi connectivity index (χ3v) is 3.81. The Morgan fingerprint density at radius 2 is 2.17 bits per heavy atom. The summed E-state index contributed by atoms with van der Waals surface area (Å²) in [6.07, 6.45) is 1.04. The van der Waals surface area contributed by atoms with Gasteiger partial charge in [-0.05, 0) is 0 Å². The summed E-state index contributed by atoms with van der Waals surface area (Å²) in [5, 5.41) is 0. The van der Waals surface area contributed by atoms with Crippen molar-refractivity contribution in [2.24, 2.45) is 0 Å². The number of carbonyl (C=O) groups excluding carboxylic acids is 1. The molecule has 1 nitrogen and oxygen atoms in total. The zero-order chi connectivity index (χ0) is 4.99. The van der Waals surface area contributed by atoms with Crippen LogP contribution in [0.1, 0.15) is 0 Å². The van der Waals surface area contributed by atoms with Gasteiger partial charge in [-0.3, -0.25) is 0 Å². The fourth-order valence-electron chi connectivity index (χ4n) is 0.192. The molecule has 6 heavy (non-hydrogen) atoms. The van der Waals surface area contributed by atoms with Crippen LogP contribution < -0.4 is 0 Å². The van der Waals surface area contributed by atoms with Gasteiger partial charge in [-0.2, -0.15) is 0 Å². The summed E-state index contributed by atoms with van der Waals surface area (Å²) in [5.74, 6) is 0.